The van der Waals surface area contributed by atoms with Crippen LogP contribution in [0.2, 0.25) is 0 Å². The summed E-state index contributed by atoms with van der Waals surface area (Å²) >= 11 is 0. The summed E-state index contributed by atoms with van der Waals surface area (Å²) in [7, 11) is -3.75. The van der Waals surface area contributed by atoms with Gasteiger partial charge in [0.05, 0.1) is 11.3 Å². The van der Waals surface area contributed by atoms with Crippen molar-refractivity contribution in [1.82, 2.24) is 19.9 Å². The number of carbonyl (C=O) groups excluding carboxylic acids is 1. The highest BCUT2D eigenvalue weighted by Gasteiger charge is 2.23. The Hall–Kier alpha value is -4.12. The van der Waals surface area contributed by atoms with Crippen LogP contribution in [0.5, 0.6) is 5.75 Å². The molecule has 1 saturated heterocycles. The maximum Gasteiger partial charge on any atom is 0.263 e. The van der Waals surface area contributed by atoms with Gasteiger partial charge in [0.25, 0.3) is 10.0 Å². The minimum absolute atomic E-state index is 0. The van der Waals surface area contributed by atoms with E-state index in [-0.39, 0.29) is 33.1 Å². The van der Waals surface area contributed by atoms with Crippen LogP contribution < -0.4 is 9.62 Å². The number of piperazine rings is 1. The van der Waals surface area contributed by atoms with Gasteiger partial charge >= 0.3 is 0 Å². The molecular formula is C24H30N6O4S. The number of aromatic hydroxyl groups is 1. The van der Waals surface area contributed by atoms with Crippen LogP contribution in [0.25, 0.3) is 10.9 Å². The Kier molecular flexibility index (Phi) is 6.00. The maximum atomic E-state index is 12.9. The monoisotopic (exact) mass is 498 g/mol. The van der Waals surface area contributed by atoms with E-state index in [1.54, 1.807) is 42.5 Å². The number of hydrogen-bond acceptors (Lipinski definition) is 7. The molecule has 3 heterocycles. The normalized spacial score (nSPS) is 14.3. The van der Waals surface area contributed by atoms with Gasteiger partial charge in [-0.25, -0.2) is 18.4 Å². The number of amides is 1. The Morgan fingerprint density at radius 1 is 1.09 bits per heavy atom. The fraction of sp³-hybridized carbons (Fsp3) is 0.208. The highest BCUT2D eigenvalue weighted by molar-refractivity contribution is 7.92. The van der Waals surface area contributed by atoms with E-state index in [4.69, 9.17) is 0 Å². The number of carbonyl (C=O) groups is 1. The molecule has 0 spiro atoms. The van der Waals surface area contributed by atoms with Crippen molar-refractivity contribution in [3.63, 3.8) is 0 Å². The Bertz CT molecular complexity index is 1460. The van der Waals surface area contributed by atoms with Crippen molar-refractivity contribution in [2.45, 2.75) is 11.3 Å². The number of hydrogen-bond donors (Lipinski definition) is 3. The maximum absolute atomic E-state index is 12.9. The van der Waals surface area contributed by atoms with Gasteiger partial charge in [-0.15, -0.1) is 0 Å². The number of nitrogens with one attached hydrogen (secondary N) is 2. The number of aromatic nitrogens is 3. The molecule has 1 aliphatic heterocycles. The van der Waals surface area contributed by atoms with Crippen LogP contribution in [0, 0.1) is 0 Å². The van der Waals surface area contributed by atoms with Crippen LogP contribution in [-0.2, 0) is 21.2 Å². The van der Waals surface area contributed by atoms with E-state index in [9.17, 15) is 18.3 Å². The number of nitrogens with zero attached hydrogens (tertiary/aromatic N) is 4. The summed E-state index contributed by atoms with van der Waals surface area (Å²) in [5, 5.41) is 10.6. The second-order valence-corrected chi connectivity index (χ2v) is 9.96. The SMILES string of the molecule is O=C(Cc1c[nH]c2ccc(O)cc12)N1CCN(c2ccc(S(=O)(=O)Nc3ccncn3)cc2)CC1.[HH].[HH].[HH]. The van der Waals surface area contributed by atoms with Crippen LogP contribution in [-0.4, -0.2) is 65.5 Å². The predicted octanol–water partition coefficient (Wildman–Crippen LogP) is 3.09. The topological polar surface area (TPSA) is 132 Å². The van der Waals surface area contributed by atoms with Gasteiger partial charge in [0.1, 0.15) is 17.9 Å². The number of sulfonamides is 1. The molecule has 0 aliphatic carbocycles. The standard InChI is InChI=1S/C24H24N6O4S.3H2/c31-19-3-6-22-21(14-19)17(15-26-22)13-24(32)30-11-9-29(10-12-30)18-1-4-20(5-2-18)35(33,34)28-23-7-8-25-16-27-23;;;/h1-8,14-16,26,31H,9-13H2,(H,25,27,28);3*1H. The molecule has 2 aromatic heterocycles. The number of H-pyrrole nitrogens is 1. The Balaban J connectivity index is 0.00000169. The quantitative estimate of drug-likeness (QED) is 0.372. The third kappa shape index (κ3) is 4.90. The van der Waals surface area contributed by atoms with E-state index >= 15 is 0 Å². The van der Waals surface area contributed by atoms with Crippen LogP contribution in [0.1, 0.15) is 9.84 Å². The molecule has 1 amide bonds. The van der Waals surface area contributed by atoms with Crippen molar-refractivity contribution >= 4 is 38.3 Å². The zero-order chi connectivity index (χ0) is 24.4. The molecule has 1 aliphatic rings. The fourth-order valence-electron chi connectivity index (χ4n) is 4.19. The van der Waals surface area contributed by atoms with Gasteiger partial charge in [0.2, 0.25) is 5.91 Å². The highest BCUT2D eigenvalue weighted by atomic mass is 32.2. The number of phenols is 1. The summed E-state index contributed by atoms with van der Waals surface area (Å²) in [5.41, 5.74) is 2.63. The largest absolute Gasteiger partial charge is 0.508 e. The molecule has 2 aromatic carbocycles. The van der Waals surface area contributed by atoms with Gasteiger partial charge < -0.3 is 19.9 Å². The predicted molar refractivity (Wildman–Crippen MR) is 138 cm³/mol. The lowest BCUT2D eigenvalue weighted by Gasteiger charge is -2.36. The second-order valence-electron chi connectivity index (χ2n) is 8.28. The van der Waals surface area contributed by atoms with Crippen molar-refractivity contribution in [2.24, 2.45) is 0 Å². The summed E-state index contributed by atoms with van der Waals surface area (Å²) < 4.78 is 27.6. The van der Waals surface area contributed by atoms with E-state index in [1.807, 2.05) is 11.1 Å². The third-order valence-electron chi connectivity index (χ3n) is 6.06. The smallest absolute Gasteiger partial charge is 0.263 e. The van der Waals surface area contributed by atoms with Crippen molar-refractivity contribution < 1.29 is 22.6 Å². The van der Waals surface area contributed by atoms with Crippen molar-refractivity contribution in [1.29, 1.82) is 0 Å². The molecule has 0 bridgehead atoms. The van der Waals surface area contributed by atoms with Gasteiger partial charge in [-0.2, -0.15) is 0 Å². The van der Waals surface area contributed by atoms with Gasteiger partial charge in [-0.1, -0.05) is 0 Å². The minimum atomic E-state index is -3.75. The van der Waals surface area contributed by atoms with E-state index in [1.165, 1.54) is 18.6 Å². The van der Waals surface area contributed by atoms with Gasteiger partial charge in [0, 0.05) is 59.4 Å². The average molecular weight is 499 g/mol. The van der Waals surface area contributed by atoms with Crippen LogP contribution >= 0.6 is 0 Å². The molecule has 10 nitrogen and oxygen atoms in total. The van der Waals surface area contributed by atoms with E-state index in [0.717, 1.165) is 22.2 Å². The summed E-state index contributed by atoms with van der Waals surface area (Å²) in [6, 6.07) is 13.2. The van der Waals surface area contributed by atoms with Crippen LogP contribution in [0.4, 0.5) is 11.5 Å². The molecule has 186 valence electrons. The summed E-state index contributed by atoms with van der Waals surface area (Å²) in [4.78, 5) is 27.8. The number of anilines is 2. The number of fused-ring (bicyclic) bond motifs is 1. The summed E-state index contributed by atoms with van der Waals surface area (Å²) in [5.74, 6) is 0.406. The molecule has 3 N–H and O–H groups in total. The molecule has 11 heteroatoms. The molecule has 0 radical (unpaired) electrons. The van der Waals surface area contributed by atoms with Crippen LogP contribution in [0.15, 0.2) is 72.1 Å². The van der Waals surface area contributed by atoms with Gasteiger partial charge in [-0.05, 0) is 54.1 Å². The first-order valence-electron chi connectivity index (χ1n) is 11.1. The van der Waals surface area contributed by atoms with Gasteiger partial charge in [-0.3, -0.25) is 9.52 Å². The van der Waals surface area contributed by atoms with Crippen molar-refractivity contribution in [2.75, 3.05) is 35.8 Å². The molecule has 0 saturated carbocycles. The number of rotatable bonds is 6. The van der Waals surface area contributed by atoms with E-state index in [0.29, 0.717) is 26.2 Å². The first-order chi connectivity index (χ1) is 16.9. The lowest BCUT2D eigenvalue weighted by molar-refractivity contribution is -0.130. The average Bonchev–Trinajstić information content (AvgIpc) is 3.26. The Morgan fingerprint density at radius 3 is 2.57 bits per heavy atom. The Labute approximate surface area is 206 Å². The molecule has 35 heavy (non-hydrogen) atoms. The lowest BCUT2D eigenvalue weighted by atomic mass is 10.1. The molecule has 0 atom stereocenters. The number of benzene rings is 2. The number of phenolic OH excluding ortho intramolecular Hbond substituents is 1. The van der Waals surface area contributed by atoms with E-state index in [2.05, 4.69) is 24.6 Å². The first-order valence-corrected chi connectivity index (χ1v) is 12.6. The first kappa shape index (κ1) is 22.7. The molecule has 0 unspecified atom stereocenters. The zero-order valence-corrected chi connectivity index (χ0v) is 19.6. The number of aromatic amines is 1. The summed E-state index contributed by atoms with van der Waals surface area (Å²) in [6.45, 7) is 2.43. The molecule has 4 aromatic rings. The summed E-state index contributed by atoms with van der Waals surface area (Å²) in [6.07, 6.45) is 4.81. The minimum Gasteiger partial charge on any atom is -0.508 e. The van der Waals surface area contributed by atoms with Crippen molar-refractivity contribution in [3.05, 3.63) is 72.8 Å². The lowest BCUT2D eigenvalue weighted by Crippen LogP contribution is -2.49. The van der Waals surface area contributed by atoms with Gasteiger partial charge in [0.15, 0.2) is 0 Å². The van der Waals surface area contributed by atoms with Crippen LogP contribution in [0.3, 0.4) is 0 Å². The molecule has 1 fully saturated rings. The fourth-order valence-corrected chi connectivity index (χ4v) is 5.19. The third-order valence-corrected chi connectivity index (χ3v) is 7.43. The molecule has 5 rings (SSSR count). The van der Waals surface area contributed by atoms with E-state index < -0.39 is 10.0 Å². The zero-order valence-electron chi connectivity index (χ0n) is 18.8. The molecular weight excluding hydrogens is 468 g/mol. The second kappa shape index (κ2) is 9.26. The Morgan fingerprint density at radius 2 is 1.86 bits per heavy atom. The highest BCUT2D eigenvalue weighted by Crippen LogP contribution is 2.25. The van der Waals surface area contributed by atoms with Crippen molar-refractivity contribution in [3.8, 4) is 5.75 Å².